The minimum Gasteiger partial charge on any atom is -0.469 e. The second-order valence-electron chi connectivity index (χ2n) is 4.52. The van der Waals surface area contributed by atoms with Crippen molar-refractivity contribution in [1.29, 1.82) is 0 Å². The van der Waals surface area contributed by atoms with Gasteiger partial charge in [0, 0.05) is 19.5 Å². The highest BCUT2D eigenvalue weighted by molar-refractivity contribution is 5.76. The Kier molecular flexibility index (Phi) is 5.05. The van der Waals surface area contributed by atoms with E-state index in [0.717, 1.165) is 0 Å². The van der Waals surface area contributed by atoms with E-state index in [4.69, 9.17) is 4.74 Å². The molecular formula is C12H18N4O4. The van der Waals surface area contributed by atoms with Gasteiger partial charge in [-0.1, -0.05) is 0 Å². The number of rotatable bonds is 5. The quantitative estimate of drug-likeness (QED) is 0.674. The number of carbonyl (C=O) groups is 2. The predicted molar refractivity (Wildman–Crippen MR) is 67.6 cm³/mol. The Labute approximate surface area is 116 Å². The number of hydrogen-bond acceptors (Lipinski definition) is 6. The van der Waals surface area contributed by atoms with E-state index in [1.165, 1.54) is 13.4 Å². The Morgan fingerprint density at radius 2 is 2.35 bits per heavy atom. The Balaban J connectivity index is 1.79. The number of methoxy groups -OCH3 is 1. The maximum Gasteiger partial charge on any atom is 0.308 e. The highest BCUT2D eigenvalue weighted by atomic mass is 16.5. The van der Waals surface area contributed by atoms with Gasteiger partial charge in [-0.25, -0.2) is 4.98 Å². The molecular weight excluding hydrogens is 264 g/mol. The van der Waals surface area contributed by atoms with Crippen molar-refractivity contribution >= 4 is 11.9 Å². The number of nitrogens with zero attached hydrogens (tertiary/aromatic N) is 4. The largest absolute Gasteiger partial charge is 0.469 e. The number of carbonyl (C=O) groups excluding carboxylic acids is 2. The third kappa shape index (κ3) is 4.02. The molecule has 8 heteroatoms. The predicted octanol–water partition coefficient (Wildman–Crippen LogP) is -0.541. The van der Waals surface area contributed by atoms with Crippen molar-refractivity contribution in [2.24, 2.45) is 0 Å². The van der Waals surface area contributed by atoms with Gasteiger partial charge < -0.3 is 14.4 Å². The number of morpholine rings is 1. The summed E-state index contributed by atoms with van der Waals surface area (Å²) in [6.45, 7) is 1.91. The Hall–Kier alpha value is -1.96. The van der Waals surface area contributed by atoms with Crippen molar-refractivity contribution in [3.63, 3.8) is 0 Å². The zero-order valence-electron chi connectivity index (χ0n) is 11.4. The fourth-order valence-corrected chi connectivity index (χ4v) is 2.06. The Morgan fingerprint density at radius 1 is 1.50 bits per heavy atom. The highest BCUT2D eigenvalue weighted by Gasteiger charge is 2.26. The zero-order chi connectivity index (χ0) is 14.4. The fraction of sp³-hybridized carbons (Fsp3) is 0.667. The first-order valence-electron chi connectivity index (χ1n) is 6.47. The standard InChI is InChI=1S/C12H18N4O4/c1-19-12(18)6-10-7-15(4-5-20-10)11(17)2-3-16-9-13-8-14-16/h8-10H,2-7H2,1H3. The molecule has 2 rings (SSSR count). The molecule has 1 aliphatic rings. The summed E-state index contributed by atoms with van der Waals surface area (Å²) in [4.78, 5) is 28.8. The average Bonchev–Trinajstić information content (AvgIpc) is 2.98. The van der Waals surface area contributed by atoms with E-state index < -0.39 is 0 Å². The van der Waals surface area contributed by atoms with Crippen molar-refractivity contribution < 1.29 is 19.1 Å². The minimum atomic E-state index is -0.327. The van der Waals surface area contributed by atoms with E-state index in [9.17, 15) is 9.59 Å². The third-order valence-corrected chi connectivity index (χ3v) is 3.13. The molecule has 0 spiro atoms. The molecule has 110 valence electrons. The summed E-state index contributed by atoms with van der Waals surface area (Å²) in [5, 5.41) is 3.95. The topological polar surface area (TPSA) is 86.6 Å². The number of esters is 1. The summed E-state index contributed by atoms with van der Waals surface area (Å²) in [7, 11) is 1.34. The van der Waals surface area contributed by atoms with E-state index in [1.807, 2.05) is 0 Å². The molecule has 1 amide bonds. The van der Waals surface area contributed by atoms with E-state index in [1.54, 1.807) is 15.9 Å². The van der Waals surface area contributed by atoms with Gasteiger partial charge in [-0.2, -0.15) is 5.10 Å². The molecule has 8 nitrogen and oxygen atoms in total. The van der Waals surface area contributed by atoms with Crippen LogP contribution in [-0.4, -0.2) is 64.5 Å². The van der Waals surface area contributed by atoms with Gasteiger partial charge in [-0.3, -0.25) is 14.3 Å². The van der Waals surface area contributed by atoms with Crippen LogP contribution >= 0.6 is 0 Å². The van der Waals surface area contributed by atoms with Gasteiger partial charge in [0.15, 0.2) is 0 Å². The molecule has 20 heavy (non-hydrogen) atoms. The molecule has 1 saturated heterocycles. The van der Waals surface area contributed by atoms with Crippen LogP contribution in [-0.2, 0) is 25.6 Å². The maximum atomic E-state index is 12.1. The summed E-state index contributed by atoms with van der Waals surface area (Å²) in [6, 6.07) is 0. The first-order chi connectivity index (χ1) is 9.69. The number of ether oxygens (including phenoxy) is 2. The monoisotopic (exact) mass is 282 g/mol. The van der Waals surface area contributed by atoms with Crippen LogP contribution in [0.15, 0.2) is 12.7 Å². The van der Waals surface area contributed by atoms with Gasteiger partial charge in [0.25, 0.3) is 0 Å². The third-order valence-electron chi connectivity index (χ3n) is 3.13. The van der Waals surface area contributed by atoms with Crippen LogP contribution in [0.4, 0.5) is 0 Å². The van der Waals surface area contributed by atoms with Gasteiger partial charge >= 0.3 is 5.97 Å². The Bertz CT molecular complexity index is 448. The van der Waals surface area contributed by atoms with Gasteiger partial charge in [0.05, 0.1) is 32.8 Å². The van der Waals surface area contributed by atoms with Gasteiger partial charge in [-0.05, 0) is 0 Å². The van der Waals surface area contributed by atoms with Crippen molar-refractivity contribution in [3.05, 3.63) is 12.7 Å². The average molecular weight is 282 g/mol. The van der Waals surface area contributed by atoms with Crippen LogP contribution in [0.1, 0.15) is 12.8 Å². The van der Waals surface area contributed by atoms with Crippen LogP contribution in [0.2, 0.25) is 0 Å². The molecule has 1 fully saturated rings. The van der Waals surface area contributed by atoms with E-state index >= 15 is 0 Å². The Morgan fingerprint density at radius 3 is 3.05 bits per heavy atom. The molecule has 1 aromatic heterocycles. The van der Waals surface area contributed by atoms with E-state index in [2.05, 4.69) is 14.8 Å². The van der Waals surface area contributed by atoms with Crippen LogP contribution in [0.3, 0.4) is 0 Å². The molecule has 0 saturated carbocycles. The van der Waals surface area contributed by atoms with Crippen molar-refractivity contribution in [2.45, 2.75) is 25.5 Å². The second-order valence-corrected chi connectivity index (χ2v) is 4.52. The van der Waals surface area contributed by atoms with Crippen LogP contribution in [0.25, 0.3) is 0 Å². The summed E-state index contributed by atoms with van der Waals surface area (Å²) >= 11 is 0. The lowest BCUT2D eigenvalue weighted by atomic mass is 10.2. The molecule has 2 heterocycles. The molecule has 0 radical (unpaired) electrons. The molecule has 0 bridgehead atoms. The van der Waals surface area contributed by atoms with E-state index in [-0.39, 0.29) is 24.4 Å². The van der Waals surface area contributed by atoms with Crippen molar-refractivity contribution in [3.8, 4) is 0 Å². The summed E-state index contributed by atoms with van der Waals surface area (Å²) < 4.78 is 11.7. The zero-order valence-corrected chi connectivity index (χ0v) is 11.4. The van der Waals surface area contributed by atoms with Crippen molar-refractivity contribution in [2.75, 3.05) is 26.8 Å². The maximum absolute atomic E-state index is 12.1. The number of hydrogen-bond donors (Lipinski definition) is 0. The van der Waals surface area contributed by atoms with Crippen LogP contribution in [0.5, 0.6) is 0 Å². The molecule has 0 aliphatic carbocycles. The molecule has 0 aromatic carbocycles. The first-order valence-corrected chi connectivity index (χ1v) is 6.47. The SMILES string of the molecule is COC(=O)CC1CN(C(=O)CCn2cncn2)CCO1. The highest BCUT2D eigenvalue weighted by Crippen LogP contribution is 2.11. The second kappa shape index (κ2) is 6.99. The molecule has 0 N–H and O–H groups in total. The lowest BCUT2D eigenvalue weighted by Crippen LogP contribution is -2.46. The number of amides is 1. The van der Waals surface area contributed by atoms with Gasteiger partial charge in [0.2, 0.25) is 5.91 Å². The van der Waals surface area contributed by atoms with Crippen LogP contribution < -0.4 is 0 Å². The van der Waals surface area contributed by atoms with Crippen molar-refractivity contribution in [1.82, 2.24) is 19.7 Å². The normalized spacial score (nSPS) is 18.9. The van der Waals surface area contributed by atoms with Gasteiger partial charge in [-0.15, -0.1) is 0 Å². The summed E-state index contributed by atoms with van der Waals surface area (Å²) in [5.74, 6) is -0.300. The van der Waals surface area contributed by atoms with E-state index in [0.29, 0.717) is 32.7 Å². The van der Waals surface area contributed by atoms with Crippen LogP contribution in [0, 0.1) is 0 Å². The smallest absolute Gasteiger partial charge is 0.308 e. The minimum absolute atomic E-state index is 0.0265. The summed E-state index contributed by atoms with van der Waals surface area (Å²) in [5.41, 5.74) is 0. The number of aromatic nitrogens is 3. The van der Waals surface area contributed by atoms with Gasteiger partial charge in [0.1, 0.15) is 12.7 Å². The molecule has 1 aliphatic heterocycles. The lowest BCUT2D eigenvalue weighted by molar-refractivity contribution is -0.150. The first kappa shape index (κ1) is 14.4. The number of aryl methyl sites for hydroxylation is 1. The molecule has 1 aromatic rings. The fourth-order valence-electron chi connectivity index (χ4n) is 2.06. The molecule has 1 atom stereocenters. The summed E-state index contributed by atoms with van der Waals surface area (Å²) in [6.07, 6.45) is 3.25. The lowest BCUT2D eigenvalue weighted by Gasteiger charge is -2.32. The molecule has 1 unspecified atom stereocenters.